The summed E-state index contributed by atoms with van der Waals surface area (Å²) in [6.07, 6.45) is 5.27. The van der Waals surface area contributed by atoms with E-state index in [1.165, 1.54) is 12.1 Å². The van der Waals surface area contributed by atoms with Gasteiger partial charge in [-0.1, -0.05) is 20.3 Å². The van der Waals surface area contributed by atoms with Crippen molar-refractivity contribution in [1.29, 1.82) is 0 Å². The van der Waals surface area contributed by atoms with E-state index in [1.807, 2.05) is 6.92 Å². The average Bonchev–Trinajstić information content (AvgIpc) is 2.58. The number of carbonyl (C=O) groups is 1. The third-order valence-corrected chi connectivity index (χ3v) is 4.44. The van der Waals surface area contributed by atoms with Crippen LogP contribution in [0.15, 0.2) is 12.1 Å². The van der Waals surface area contributed by atoms with Gasteiger partial charge in [-0.15, -0.1) is 0 Å². The zero-order chi connectivity index (χ0) is 16.8. The number of rotatable bonds is 6. The highest BCUT2D eigenvalue weighted by atomic mass is 19.2. The summed E-state index contributed by atoms with van der Waals surface area (Å²) in [7, 11) is 0. The van der Waals surface area contributed by atoms with Crippen LogP contribution in [0.2, 0.25) is 0 Å². The molecule has 2 rings (SSSR count). The predicted octanol–water partition coefficient (Wildman–Crippen LogP) is 4.88. The molecule has 0 unspecified atom stereocenters. The van der Waals surface area contributed by atoms with Crippen molar-refractivity contribution >= 4 is 5.97 Å². The van der Waals surface area contributed by atoms with Crippen molar-refractivity contribution in [2.45, 2.75) is 52.4 Å². The van der Waals surface area contributed by atoms with Crippen LogP contribution in [0, 0.1) is 23.5 Å². The van der Waals surface area contributed by atoms with E-state index in [9.17, 15) is 13.6 Å². The minimum Gasteiger partial charge on any atom is -0.490 e. The molecule has 0 atom stereocenters. The highest BCUT2D eigenvalue weighted by Crippen LogP contribution is 2.33. The first-order chi connectivity index (χ1) is 11.1. The highest BCUT2D eigenvalue weighted by molar-refractivity contribution is 5.75. The normalized spacial score (nSPS) is 21.0. The first-order valence-corrected chi connectivity index (χ1v) is 8.39. The quantitative estimate of drug-likeness (QED) is 0.552. The van der Waals surface area contributed by atoms with E-state index >= 15 is 0 Å². The number of hydrogen-bond donors (Lipinski definition) is 0. The Labute approximate surface area is 136 Å². The van der Waals surface area contributed by atoms with Gasteiger partial charge in [0.2, 0.25) is 11.6 Å². The molecule has 0 amide bonds. The molecule has 3 nitrogen and oxygen atoms in total. The first-order valence-electron chi connectivity index (χ1n) is 8.39. The Morgan fingerprint density at radius 1 is 1.09 bits per heavy atom. The molecule has 128 valence electrons. The SMILES string of the molecule is CCCOc1ccc(OC(=O)[C@H]2CC[C@H](CC)CC2)c(F)c1F. The molecular formula is C18H24F2O3. The Morgan fingerprint density at radius 3 is 2.30 bits per heavy atom. The van der Waals surface area contributed by atoms with Crippen LogP contribution in [-0.2, 0) is 4.79 Å². The molecule has 0 bridgehead atoms. The molecular weight excluding hydrogens is 302 g/mol. The average molecular weight is 326 g/mol. The van der Waals surface area contributed by atoms with Gasteiger partial charge in [-0.25, -0.2) is 0 Å². The summed E-state index contributed by atoms with van der Waals surface area (Å²) in [5.74, 6) is -2.85. The maximum atomic E-state index is 14.0. The molecule has 1 aliphatic rings. The van der Waals surface area contributed by atoms with E-state index in [2.05, 4.69) is 6.92 Å². The van der Waals surface area contributed by atoms with Gasteiger partial charge >= 0.3 is 5.97 Å². The van der Waals surface area contributed by atoms with Gasteiger partial charge in [-0.05, 0) is 50.2 Å². The number of ether oxygens (including phenoxy) is 2. The molecule has 23 heavy (non-hydrogen) atoms. The highest BCUT2D eigenvalue weighted by Gasteiger charge is 2.28. The van der Waals surface area contributed by atoms with Crippen molar-refractivity contribution in [1.82, 2.24) is 0 Å². The fourth-order valence-electron chi connectivity index (χ4n) is 2.91. The van der Waals surface area contributed by atoms with Crippen LogP contribution in [0.25, 0.3) is 0 Å². The number of esters is 1. The van der Waals surface area contributed by atoms with Crippen LogP contribution in [0.4, 0.5) is 8.78 Å². The number of halogens is 2. The van der Waals surface area contributed by atoms with Crippen LogP contribution >= 0.6 is 0 Å². The standard InChI is InChI=1S/C18H24F2O3/c1-3-11-22-14-9-10-15(17(20)16(14)19)23-18(21)13-7-5-12(4-2)6-8-13/h9-10,12-13H,3-8,11H2,1-2H3/t12-,13-. The molecule has 1 fully saturated rings. The largest absolute Gasteiger partial charge is 0.490 e. The fourth-order valence-corrected chi connectivity index (χ4v) is 2.91. The van der Waals surface area contributed by atoms with E-state index in [-0.39, 0.29) is 17.4 Å². The second-order valence-electron chi connectivity index (χ2n) is 6.09. The minimum absolute atomic E-state index is 0.160. The van der Waals surface area contributed by atoms with Gasteiger partial charge in [-0.3, -0.25) is 4.79 Å². The second kappa shape index (κ2) is 8.27. The topological polar surface area (TPSA) is 35.5 Å². The molecule has 1 saturated carbocycles. The van der Waals surface area contributed by atoms with Crippen LogP contribution in [0.3, 0.4) is 0 Å². The van der Waals surface area contributed by atoms with E-state index in [0.29, 0.717) is 18.9 Å². The molecule has 1 aromatic rings. The van der Waals surface area contributed by atoms with Gasteiger partial charge in [0.25, 0.3) is 0 Å². The molecule has 1 aromatic carbocycles. The zero-order valence-corrected chi connectivity index (χ0v) is 13.7. The van der Waals surface area contributed by atoms with Crippen molar-refractivity contribution in [3.8, 4) is 11.5 Å². The Bertz CT molecular complexity index is 537. The zero-order valence-electron chi connectivity index (χ0n) is 13.7. The number of hydrogen-bond acceptors (Lipinski definition) is 3. The lowest BCUT2D eigenvalue weighted by Gasteiger charge is -2.26. The summed E-state index contributed by atoms with van der Waals surface area (Å²) in [5.41, 5.74) is 0. The van der Waals surface area contributed by atoms with Crippen molar-refractivity contribution in [3.05, 3.63) is 23.8 Å². The van der Waals surface area contributed by atoms with Crippen LogP contribution in [-0.4, -0.2) is 12.6 Å². The summed E-state index contributed by atoms with van der Waals surface area (Å²) in [6.45, 7) is 4.32. The van der Waals surface area contributed by atoms with Crippen molar-refractivity contribution < 1.29 is 23.0 Å². The van der Waals surface area contributed by atoms with Gasteiger partial charge in [0, 0.05) is 0 Å². The van der Waals surface area contributed by atoms with Crippen molar-refractivity contribution in [2.75, 3.05) is 6.61 Å². The third kappa shape index (κ3) is 4.43. The Balaban J connectivity index is 2.00. The first kappa shape index (κ1) is 17.7. The van der Waals surface area contributed by atoms with Crippen LogP contribution < -0.4 is 9.47 Å². The molecule has 0 aromatic heterocycles. The summed E-state index contributed by atoms with van der Waals surface area (Å²) >= 11 is 0. The fraction of sp³-hybridized carbons (Fsp3) is 0.611. The lowest BCUT2D eigenvalue weighted by Crippen LogP contribution is -2.25. The third-order valence-electron chi connectivity index (χ3n) is 4.44. The van der Waals surface area contributed by atoms with Gasteiger partial charge in [0.15, 0.2) is 11.5 Å². The van der Waals surface area contributed by atoms with E-state index in [0.717, 1.165) is 32.1 Å². The predicted molar refractivity (Wildman–Crippen MR) is 83.5 cm³/mol. The maximum Gasteiger partial charge on any atom is 0.314 e. The Morgan fingerprint density at radius 2 is 1.70 bits per heavy atom. The summed E-state index contributed by atoms with van der Waals surface area (Å²) in [6, 6.07) is 2.55. The molecule has 0 radical (unpaired) electrons. The maximum absolute atomic E-state index is 14.0. The summed E-state index contributed by atoms with van der Waals surface area (Å²) in [5, 5.41) is 0. The van der Waals surface area contributed by atoms with E-state index < -0.39 is 17.6 Å². The minimum atomic E-state index is -1.17. The second-order valence-corrected chi connectivity index (χ2v) is 6.09. The van der Waals surface area contributed by atoms with Gasteiger partial charge < -0.3 is 9.47 Å². The Hall–Kier alpha value is -1.65. The number of benzene rings is 1. The smallest absolute Gasteiger partial charge is 0.314 e. The lowest BCUT2D eigenvalue weighted by molar-refractivity contribution is -0.140. The van der Waals surface area contributed by atoms with Crippen molar-refractivity contribution in [2.24, 2.45) is 11.8 Å². The number of carbonyl (C=O) groups excluding carboxylic acids is 1. The summed E-state index contributed by atoms with van der Waals surface area (Å²) < 4.78 is 38.1. The van der Waals surface area contributed by atoms with Crippen LogP contribution in [0.1, 0.15) is 52.4 Å². The van der Waals surface area contributed by atoms with Gasteiger partial charge in [-0.2, -0.15) is 8.78 Å². The molecule has 1 aliphatic carbocycles. The van der Waals surface area contributed by atoms with E-state index in [4.69, 9.17) is 9.47 Å². The molecule has 0 saturated heterocycles. The molecule has 0 spiro atoms. The lowest BCUT2D eigenvalue weighted by atomic mass is 9.81. The van der Waals surface area contributed by atoms with Gasteiger partial charge in [0.1, 0.15) is 0 Å². The van der Waals surface area contributed by atoms with Crippen molar-refractivity contribution in [3.63, 3.8) is 0 Å². The molecule has 0 heterocycles. The summed E-state index contributed by atoms with van der Waals surface area (Å²) in [4.78, 5) is 12.1. The Kier molecular flexibility index (Phi) is 6.37. The molecule has 0 aliphatic heterocycles. The monoisotopic (exact) mass is 326 g/mol. The molecule has 0 N–H and O–H groups in total. The van der Waals surface area contributed by atoms with Crippen LogP contribution in [0.5, 0.6) is 11.5 Å². The van der Waals surface area contributed by atoms with Gasteiger partial charge in [0.05, 0.1) is 12.5 Å². The molecule has 5 heteroatoms. The van der Waals surface area contributed by atoms with E-state index in [1.54, 1.807) is 0 Å².